The first-order chi connectivity index (χ1) is 35.7. The summed E-state index contributed by atoms with van der Waals surface area (Å²) in [6.07, 6.45) is 0. The van der Waals surface area contributed by atoms with E-state index in [1.807, 2.05) is 12.1 Å². The fourth-order valence-electron chi connectivity index (χ4n) is 11.1. The highest BCUT2D eigenvalue weighted by atomic mass is 32.3. The predicted octanol–water partition coefficient (Wildman–Crippen LogP) is 16.6. The number of nitriles is 1. The summed E-state index contributed by atoms with van der Waals surface area (Å²) in [6, 6.07) is 93.2. The minimum absolute atomic E-state index is 0.581. The Hall–Kier alpha value is -9.48. The van der Waals surface area contributed by atoms with E-state index in [0.717, 1.165) is 71.7 Å². The number of hydrogen-bond acceptors (Lipinski definition) is 3. The van der Waals surface area contributed by atoms with E-state index in [-0.39, 0.29) is 0 Å². The van der Waals surface area contributed by atoms with Crippen molar-refractivity contribution in [3.63, 3.8) is 0 Å². The number of benzene rings is 10. The smallest absolute Gasteiger partial charge is 0.163 e. The van der Waals surface area contributed by atoms with Crippen LogP contribution in [0.1, 0.15) is 5.56 Å². The van der Waals surface area contributed by atoms with Gasteiger partial charge in [0.15, 0.2) is 5.82 Å². The van der Waals surface area contributed by atoms with Crippen LogP contribution < -0.4 is 0 Å². The molecule has 0 N–H and O–H groups in total. The molecule has 14 rings (SSSR count). The average molecular weight is 939 g/mol. The van der Waals surface area contributed by atoms with Crippen LogP contribution in [0.25, 0.3) is 94.1 Å². The summed E-state index contributed by atoms with van der Waals surface area (Å²) in [7, 11) is -2.02. The van der Waals surface area contributed by atoms with Crippen LogP contribution in [0.4, 0.5) is 0 Å². The van der Waals surface area contributed by atoms with E-state index >= 15 is 0 Å². The van der Waals surface area contributed by atoms with Gasteiger partial charge in [0.1, 0.15) is 11.6 Å². The van der Waals surface area contributed by atoms with Crippen LogP contribution in [0.3, 0.4) is 0 Å². The molecule has 7 heteroatoms. The maximum Gasteiger partial charge on any atom is 0.163 e. The molecule has 0 atom stereocenters. The summed E-state index contributed by atoms with van der Waals surface area (Å²) >= 11 is 0. The minimum atomic E-state index is -2.02. The molecule has 0 saturated carbocycles. The molecule has 338 valence electrons. The van der Waals surface area contributed by atoms with E-state index in [1.54, 1.807) is 0 Å². The lowest BCUT2D eigenvalue weighted by molar-refractivity contribution is 0.993. The molecule has 0 amide bonds. The maximum atomic E-state index is 10.2. The van der Waals surface area contributed by atoms with Crippen molar-refractivity contribution < 1.29 is 0 Å². The summed E-state index contributed by atoms with van der Waals surface area (Å²) in [4.78, 5) is 16.1. The van der Waals surface area contributed by atoms with Crippen LogP contribution in [0.15, 0.2) is 274 Å². The highest BCUT2D eigenvalue weighted by Gasteiger charge is 2.34. The number of rotatable bonds is 8. The van der Waals surface area contributed by atoms with Gasteiger partial charge in [-0.25, -0.2) is 9.97 Å². The molecule has 4 heterocycles. The number of hydrogen-bond donors (Lipinski definition) is 0. The second-order valence-electron chi connectivity index (χ2n) is 18.1. The quantitative estimate of drug-likeness (QED) is 0.152. The maximum absolute atomic E-state index is 10.2. The van der Waals surface area contributed by atoms with Crippen molar-refractivity contribution in [2.45, 2.75) is 19.6 Å². The lowest BCUT2D eigenvalue weighted by atomic mass is 10.1. The molecule has 0 saturated heterocycles. The van der Waals surface area contributed by atoms with E-state index in [4.69, 9.17) is 9.97 Å². The standard InChI is InChI=1S/C65H42N6S/c66-43-44-35-37-55-53-29-12-16-33-59(53)71(62(55)39-44)64-42-63(70-60-34-17-13-30-54(60)56-41-46(36-38-61(56)70)69-57-31-14-10-27-51(57)52-28-11-15-32-58(52)69)67-65(68-64)45-19-18-26-50(40-45)72(47-20-4-1-5-21-47,48-22-6-2-7-23-48)49-24-8-3-9-25-49/h1-42H. The van der Waals surface area contributed by atoms with Crippen molar-refractivity contribution >= 4 is 75.4 Å². The van der Waals surface area contributed by atoms with Gasteiger partial charge in [-0.3, -0.25) is 9.13 Å². The molecule has 0 fully saturated rings. The van der Waals surface area contributed by atoms with Gasteiger partial charge in [-0.15, -0.1) is 10.0 Å². The van der Waals surface area contributed by atoms with Gasteiger partial charge < -0.3 is 4.57 Å². The largest absolute Gasteiger partial charge is 0.309 e. The van der Waals surface area contributed by atoms with Crippen LogP contribution in [0, 0.1) is 11.3 Å². The van der Waals surface area contributed by atoms with Gasteiger partial charge in [0.25, 0.3) is 0 Å². The van der Waals surface area contributed by atoms with E-state index < -0.39 is 10.0 Å². The average Bonchev–Trinajstić information content (AvgIpc) is 4.09. The van der Waals surface area contributed by atoms with Crippen molar-refractivity contribution in [2.75, 3.05) is 0 Å². The molecule has 14 aromatic rings. The zero-order valence-electron chi connectivity index (χ0n) is 38.8. The Balaban J connectivity index is 1.05. The van der Waals surface area contributed by atoms with Crippen LogP contribution in [-0.2, 0) is 0 Å². The first-order valence-electron chi connectivity index (χ1n) is 24.1. The molecular weight excluding hydrogens is 897 g/mol. The van der Waals surface area contributed by atoms with Crippen LogP contribution in [0.2, 0.25) is 0 Å². The van der Waals surface area contributed by atoms with E-state index in [2.05, 4.69) is 262 Å². The second kappa shape index (κ2) is 16.6. The fourth-order valence-corrected chi connectivity index (χ4v) is 15.0. The van der Waals surface area contributed by atoms with Crippen molar-refractivity contribution in [3.8, 4) is 34.8 Å². The third-order valence-electron chi connectivity index (χ3n) is 14.2. The molecule has 0 bridgehead atoms. The molecule has 4 aromatic heterocycles. The topological polar surface area (TPSA) is 64.4 Å². The Labute approximate surface area is 416 Å². The van der Waals surface area contributed by atoms with Crippen molar-refractivity contribution in [1.29, 1.82) is 5.26 Å². The van der Waals surface area contributed by atoms with E-state index in [0.29, 0.717) is 17.2 Å². The lowest BCUT2D eigenvalue weighted by Crippen LogP contribution is -2.07. The third-order valence-corrected chi connectivity index (χ3v) is 18.1. The summed E-state index contributed by atoms with van der Waals surface area (Å²) in [5, 5.41) is 17.0. The molecule has 72 heavy (non-hydrogen) atoms. The molecular formula is C65H42N6S. The van der Waals surface area contributed by atoms with Crippen LogP contribution in [0.5, 0.6) is 0 Å². The van der Waals surface area contributed by atoms with Gasteiger partial charge in [0.2, 0.25) is 0 Å². The highest BCUT2D eigenvalue weighted by Crippen LogP contribution is 2.73. The van der Waals surface area contributed by atoms with Crippen molar-refractivity contribution in [3.05, 3.63) is 260 Å². The first-order valence-corrected chi connectivity index (χ1v) is 25.7. The monoisotopic (exact) mass is 938 g/mol. The Morgan fingerprint density at radius 2 is 0.750 bits per heavy atom. The Kier molecular flexibility index (Phi) is 9.56. The van der Waals surface area contributed by atoms with Crippen molar-refractivity contribution in [2.24, 2.45) is 0 Å². The molecule has 0 aliphatic carbocycles. The molecule has 0 spiro atoms. The van der Waals surface area contributed by atoms with E-state index in [9.17, 15) is 5.26 Å². The molecule has 6 nitrogen and oxygen atoms in total. The van der Waals surface area contributed by atoms with Gasteiger partial charge in [0, 0.05) is 69.2 Å². The molecule has 0 aliphatic rings. The highest BCUT2D eigenvalue weighted by molar-refractivity contribution is 8.34. The minimum Gasteiger partial charge on any atom is -0.309 e. The Bertz CT molecular complexity index is 4320. The third kappa shape index (κ3) is 6.30. The van der Waals surface area contributed by atoms with Gasteiger partial charge in [0.05, 0.1) is 44.7 Å². The van der Waals surface area contributed by atoms with Gasteiger partial charge in [-0.05, 0) is 103 Å². The predicted molar refractivity (Wildman–Crippen MR) is 295 cm³/mol. The van der Waals surface area contributed by atoms with Crippen LogP contribution >= 0.6 is 10.0 Å². The number of para-hydroxylation sites is 4. The Morgan fingerprint density at radius 3 is 1.28 bits per heavy atom. The van der Waals surface area contributed by atoms with Gasteiger partial charge in [-0.2, -0.15) is 5.26 Å². The molecule has 10 aromatic carbocycles. The normalized spacial score (nSPS) is 12.1. The second-order valence-corrected chi connectivity index (χ2v) is 21.2. The van der Waals surface area contributed by atoms with Crippen LogP contribution in [-0.4, -0.2) is 23.7 Å². The van der Waals surface area contributed by atoms with Gasteiger partial charge in [-0.1, -0.05) is 146 Å². The Morgan fingerprint density at radius 1 is 0.319 bits per heavy atom. The SMILES string of the molecule is N#Cc1ccc2c3ccccc3n(-c3cc(-n4c5ccccc5c5cc(-n6c7ccccc7c7ccccc76)ccc54)nc(-c4cccc(S(c5ccccc5)(c5ccccc5)c5ccccc5)c4)n3)c2c1. The summed E-state index contributed by atoms with van der Waals surface area (Å²) in [6.45, 7) is 0. The molecule has 0 radical (unpaired) electrons. The summed E-state index contributed by atoms with van der Waals surface area (Å²) in [5.41, 5.74) is 8.84. The number of aromatic nitrogens is 5. The zero-order chi connectivity index (χ0) is 47.8. The fraction of sp³-hybridized carbons (Fsp3) is 0. The molecule has 0 aliphatic heterocycles. The lowest BCUT2D eigenvalue weighted by Gasteiger charge is -2.42. The van der Waals surface area contributed by atoms with E-state index in [1.165, 1.54) is 30.4 Å². The van der Waals surface area contributed by atoms with Gasteiger partial charge >= 0.3 is 0 Å². The number of nitrogens with zero attached hydrogens (tertiary/aromatic N) is 6. The first kappa shape index (κ1) is 41.5. The summed E-state index contributed by atoms with van der Waals surface area (Å²) < 4.78 is 6.87. The summed E-state index contributed by atoms with van der Waals surface area (Å²) in [5.74, 6) is 2.01. The number of fused-ring (bicyclic) bond motifs is 9. The zero-order valence-corrected chi connectivity index (χ0v) is 39.7. The molecule has 0 unspecified atom stereocenters. The van der Waals surface area contributed by atoms with Crippen molar-refractivity contribution in [1.82, 2.24) is 23.7 Å².